The van der Waals surface area contributed by atoms with Crippen molar-refractivity contribution in [2.75, 3.05) is 32.1 Å². The van der Waals surface area contributed by atoms with Crippen molar-refractivity contribution in [1.82, 2.24) is 29.6 Å². The van der Waals surface area contributed by atoms with Gasteiger partial charge in [-0.25, -0.2) is 9.97 Å². The van der Waals surface area contributed by atoms with Crippen LogP contribution in [0, 0.1) is 0 Å². The number of likely N-dealkylation sites (tertiary alicyclic amines) is 1. The van der Waals surface area contributed by atoms with Gasteiger partial charge in [-0.2, -0.15) is 5.10 Å². The van der Waals surface area contributed by atoms with Crippen LogP contribution in [0.1, 0.15) is 30.3 Å². The first-order valence-corrected chi connectivity index (χ1v) is 12.6. The van der Waals surface area contributed by atoms with Gasteiger partial charge in [0.1, 0.15) is 18.0 Å². The van der Waals surface area contributed by atoms with Gasteiger partial charge < -0.3 is 15.2 Å². The number of para-hydroxylation sites is 1. The number of aromatic amines is 1. The summed E-state index contributed by atoms with van der Waals surface area (Å²) in [6, 6.07) is 10.0. The number of benzene rings is 1. The van der Waals surface area contributed by atoms with Crippen LogP contribution in [0.5, 0.6) is 0 Å². The first-order chi connectivity index (χ1) is 15.6. The van der Waals surface area contributed by atoms with Crippen molar-refractivity contribution in [1.29, 1.82) is 0 Å². The van der Waals surface area contributed by atoms with Crippen molar-refractivity contribution in [2.45, 2.75) is 25.3 Å². The highest BCUT2D eigenvalue weighted by atomic mass is 31.1. The summed E-state index contributed by atoms with van der Waals surface area (Å²) in [7, 11) is 0.690. The van der Waals surface area contributed by atoms with Gasteiger partial charge in [0.25, 0.3) is 0 Å². The molecule has 3 aromatic heterocycles. The van der Waals surface area contributed by atoms with E-state index in [0.29, 0.717) is 18.3 Å². The number of nitrogens with one attached hydrogen (secondary N) is 2. The maximum absolute atomic E-state index is 12.2. The Labute approximate surface area is 187 Å². The molecule has 2 N–H and O–H groups in total. The summed E-state index contributed by atoms with van der Waals surface area (Å²) in [6.45, 7) is 3.92. The van der Waals surface area contributed by atoms with E-state index in [-0.39, 0.29) is 0 Å². The van der Waals surface area contributed by atoms with Crippen LogP contribution in [0.25, 0.3) is 11.0 Å². The molecule has 0 bridgehead atoms. The molecule has 0 saturated carbocycles. The molecule has 1 aliphatic rings. The quantitative estimate of drug-likeness (QED) is 0.436. The van der Waals surface area contributed by atoms with Gasteiger partial charge in [-0.3, -0.25) is 4.68 Å². The van der Waals surface area contributed by atoms with Crippen molar-refractivity contribution in [2.24, 2.45) is 0 Å². The second kappa shape index (κ2) is 8.81. The van der Waals surface area contributed by atoms with Crippen LogP contribution < -0.4 is 10.6 Å². The summed E-state index contributed by atoms with van der Waals surface area (Å²) < 4.78 is 14.3. The second-order valence-electron chi connectivity index (χ2n) is 8.41. The van der Waals surface area contributed by atoms with Gasteiger partial charge in [0.2, 0.25) is 5.30 Å². The van der Waals surface area contributed by atoms with Crippen molar-refractivity contribution in [3.8, 4) is 0 Å². The van der Waals surface area contributed by atoms with Crippen molar-refractivity contribution < 1.29 is 4.57 Å². The van der Waals surface area contributed by atoms with E-state index in [9.17, 15) is 4.57 Å². The van der Waals surface area contributed by atoms with Crippen LogP contribution in [0.15, 0.2) is 48.9 Å². The lowest BCUT2D eigenvalue weighted by molar-refractivity contribution is 0.212. The zero-order valence-electron chi connectivity index (χ0n) is 18.3. The molecule has 9 heteroatoms. The number of aromatic nitrogens is 5. The molecular formula is C23H27N7OP+. The molecule has 8 nitrogen and oxygen atoms in total. The number of hydrogen-bond donors (Lipinski definition) is 2. The number of rotatable bonds is 6. The minimum absolute atomic E-state index is 0.456. The summed E-state index contributed by atoms with van der Waals surface area (Å²) in [5, 5.41) is 8.78. The SMILES string of the molecule is CN1CCC(n2cc(Cc3nc(Nc4ccccc4[P+](C)=O)c4[nH]ccc4n3)cn2)CC1. The molecule has 0 radical (unpaired) electrons. The predicted octanol–water partition coefficient (Wildman–Crippen LogP) is 3.84. The lowest BCUT2D eigenvalue weighted by Gasteiger charge is -2.28. The van der Waals surface area contributed by atoms with E-state index in [0.717, 1.165) is 59.3 Å². The number of piperidine rings is 1. The molecule has 0 amide bonds. The maximum Gasteiger partial charge on any atom is 0.375 e. The van der Waals surface area contributed by atoms with Gasteiger partial charge in [-0.1, -0.05) is 16.7 Å². The van der Waals surface area contributed by atoms with Crippen LogP contribution in [-0.4, -0.2) is 56.4 Å². The van der Waals surface area contributed by atoms with E-state index in [1.54, 1.807) is 6.66 Å². The number of hydrogen-bond acceptors (Lipinski definition) is 6. The third-order valence-electron chi connectivity index (χ3n) is 6.03. The molecule has 32 heavy (non-hydrogen) atoms. The third kappa shape index (κ3) is 4.29. The number of nitrogens with zero attached hydrogens (tertiary/aromatic N) is 5. The van der Waals surface area contributed by atoms with Crippen molar-refractivity contribution in [3.63, 3.8) is 0 Å². The van der Waals surface area contributed by atoms with E-state index in [4.69, 9.17) is 9.97 Å². The topological polar surface area (TPSA) is 91.7 Å². The van der Waals surface area contributed by atoms with Gasteiger partial charge in [0.05, 0.1) is 23.4 Å². The third-order valence-corrected chi connectivity index (χ3v) is 7.10. The molecule has 1 saturated heterocycles. The van der Waals surface area contributed by atoms with Crippen LogP contribution in [0.3, 0.4) is 0 Å². The van der Waals surface area contributed by atoms with Crippen molar-refractivity contribution >= 4 is 35.6 Å². The Kier molecular flexibility index (Phi) is 5.72. The lowest BCUT2D eigenvalue weighted by atomic mass is 10.1. The van der Waals surface area contributed by atoms with Gasteiger partial charge in [0.15, 0.2) is 5.82 Å². The lowest BCUT2D eigenvalue weighted by Crippen LogP contribution is -2.31. The zero-order chi connectivity index (χ0) is 22.1. The fourth-order valence-electron chi connectivity index (χ4n) is 4.25. The van der Waals surface area contributed by atoms with E-state index >= 15 is 0 Å². The van der Waals surface area contributed by atoms with E-state index in [1.165, 1.54) is 0 Å². The highest BCUT2D eigenvalue weighted by Crippen LogP contribution is 2.27. The molecule has 4 heterocycles. The fourth-order valence-corrected chi connectivity index (χ4v) is 5.02. The second-order valence-corrected chi connectivity index (χ2v) is 9.88. The van der Waals surface area contributed by atoms with E-state index < -0.39 is 7.80 Å². The molecule has 1 unspecified atom stereocenters. The zero-order valence-corrected chi connectivity index (χ0v) is 19.2. The van der Waals surface area contributed by atoms with E-state index in [1.807, 2.05) is 42.7 Å². The summed E-state index contributed by atoms with van der Waals surface area (Å²) in [5.41, 5.74) is 3.57. The summed E-state index contributed by atoms with van der Waals surface area (Å²) in [4.78, 5) is 15.1. The van der Waals surface area contributed by atoms with Gasteiger partial charge in [-0.05, 0) is 56.7 Å². The highest BCUT2D eigenvalue weighted by Gasteiger charge is 2.21. The molecule has 0 spiro atoms. The van der Waals surface area contributed by atoms with E-state index in [2.05, 4.69) is 38.2 Å². The average molecular weight is 448 g/mol. The highest BCUT2D eigenvalue weighted by molar-refractivity contribution is 7.53. The monoisotopic (exact) mass is 448 g/mol. The summed E-state index contributed by atoms with van der Waals surface area (Å²) in [6.07, 6.45) is 8.76. The van der Waals surface area contributed by atoms with Gasteiger partial charge >= 0.3 is 7.80 Å². The summed E-state index contributed by atoms with van der Waals surface area (Å²) in [5.74, 6) is 1.41. The van der Waals surface area contributed by atoms with Crippen LogP contribution in [0.4, 0.5) is 11.5 Å². The Morgan fingerprint density at radius 3 is 2.81 bits per heavy atom. The molecule has 1 fully saturated rings. The Hall–Kier alpha value is -3.09. The molecule has 4 aromatic rings. The van der Waals surface area contributed by atoms with Crippen molar-refractivity contribution in [3.05, 3.63) is 60.3 Å². The minimum atomic E-state index is -1.48. The Bertz CT molecular complexity index is 1260. The fraction of sp³-hybridized carbons (Fsp3) is 0.348. The average Bonchev–Trinajstić information content (AvgIpc) is 3.44. The number of anilines is 2. The first kappa shape index (κ1) is 20.8. The van der Waals surface area contributed by atoms with Crippen LogP contribution in [0.2, 0.25) is 0 Å². The molecule has 1 aromatic carbocycles. The normalized spacial score (nSPS) is 15.9. The largest absolute Gasteiger partial charge is 0.375 e. The van der Waals surface area contributed by atoms with Crippen LogP contribution in [-0.2, 0) is 11.0 Å². The standard InChI is InChI=1S/C23H27N7OP/c1-29-11-8-17(9-12-29)30-15-16(14-25-30)13-21-26-19-7-10-24-22(19)23(28-21)27-18-5-3-4-6-20(18)32(2)31/h3-7,10,14-15,17,24H,8-9,11-13H2,1-2H3,(H,26,27,28)/q+1. The minimum Gasteiger partial charge on any atom is -0.357 e. The first-order valence-electron chi connectivity index (χ1n) is 10.9. The molecule has 0 aliphatic carbocycles. The smallest absolute Gasteiger partial charge is 0.357 e. The Morgan fingerprint density at radius 1 is 1.19 bits per heavy atom. The number of fused-ring (bicyclic) bond motifs is 1. The van der Waals surface area contributed by atoms with Gasteiger partial charge in [-0.15, -0.1) is 0 Å². The Balaban J connectivity index is 1.41. The molecule has 5 rings (SSSR count). The molecule has 1 atom stereocenters. The maximum atomic E-state index is 12.2. The van der Waals surface area contributed by atoms with Crippen LogP contribution >= 0.6 is 7.80 Å². The summed E-state index contributed by atoms with van der Waals surface area (Å²) >= 11 is 0. The predicted molar refractivity (Wildman–Crippen MR) is 128 cm³/mol. The number of H-pyrrole nitrogens is 1. The Morgan fingerprint density at radius 2 is 2.00 bits per heavy atom. The molecular weight excluding hydrogens is 421 g/mol. The van der Waals surface area contributed by atoms with Gasteiger partial charge in [0, 0.05) is 18.8 Å². The molecule has 1 aliphatic heterocycles. The molecule has 164 valence electrons.